The van der Waals surface area contributed by atoms with Gasteiger partial charge >= 0.3 is 0 Å². The number of nitrogens with zero attached hydrogens (tertiary/aromatic N) is 2. The number of aromatic nitrogens is 2. The molecule has 3 aromatic carbocycles. The third-order valence-electron chi connectivity index (χ3n) is 4.14. The number of rotatable bonds is 3. The monoisotopic (exact) mass is 327 g/mol. The molecule has 0 bridgehead atoms. The molecule has 0 saturated carbocycles. The Bertz CT molecular complexity index is 1050. The van der Waals surface area contributed by atoms with E-state index in [9.17, 15) is 4.79 Å². The van der Waals surface area contributed by atoms with E-state index in [1.54, 1.807) is 4.68 Å². The van der Waals surface area contributed by atoms with Crippen LogP contribution in [0.2, 0.25) is 0 Å². The maximum Gasteiger partial charge on any atom is 0.295 e. The van der Waals surface area contributed by atoms with E-state index < -0.39 is 0 Å². The van der Waals surface area contributed by atoms with Crippen molar-refractivity contribution >= 4 is 5.69 Å². The summed E-state index contributed by atoms with van der Waals surface area (Å²) in [7, 11) is 0. The van der Waals surface area contributed by atoms with E-state index in [0.29, 0.717) is 5.69 Å². The van der Waals surface area contributed by atoms with Gasteiger partial charge in [0.25, 0.3) is 5.56 Å². The average Bonchev–Trinajstić information content (AvgIpc) is 2.95. The first-order chi connectivity index (χ1) is 12.3. The Morgan fingerprint density at radius 3 is 1.56 bits per heavy atom. The molecule has 2 N–H and O–H groups in total. The number of nitrogen functional groups attached to an aromatic ring is 1. The molecule has 0 unspecified atom stereocenters. The summed E-state index contributed by atoms with van der Waals surface area (Å²) in [5, 5.41) is 0. The highest BCUT2D eigenvalue weighted by molar-refractivity contribution is 5.75. The first-order valence-corrected chi connectivity index (χ1v) is 8.07. The van der Waals surface area contributed by atoms with Crippen molar-refractivity contribution in [2.45, 2.75) is 0 Å². The molecular weight excluding hydrogens is 310 g/mol. The fraction of sp³-hybridized carbons (Fsp3) is 0. The molecule has 4 nitrogen and oxygen atoms in total. The first-order valence-electron chi connectivity index (χ1n) is 8.07. The zero-order valence-corrected chi connectivity index (χ0v) is 13.5. The molecule has 4 heteroatoms. The van der Waals surface area contributed by atoms with Crippen LogP contribution in [0.25, 0.3) is 22.6 Å². The normalized spacial score (nSPS) is 10.7. The lowest BCUT2D eigenvalue weighted by atomic mass is 10.1. The first kappa shape index (κ1) is 15.0. The van der Waals surface area contributed by atoms with Crippen LogP contribution in [0, 0.1) is 0 Å². The van der Waals surface area contributed by atoms with Crippen molar-refractivity contribution in [2.75, 3.05) is 5.73 Å². The Labute approximate surface area is 145 Å². The summed E-state index contributed by atoms with van der Waals surface area (Å²) in [6, 6.07) is 29.0. The Morgan fingerprint density at radius 1 is 0.600 bits per heavy atom. The third kappa shape index (κ3) is 2.54. The second-order valence-corrected chi connectivity index (χ2v) is 5.73. The Hall–Kier alpha value is -3.53. The zero-order chi connectivity index (χ0) is 17.2. The average molecular weight is 327 g/mol. The minimum atomic E-state index is -0.228. The van der Waals surface area contributed by atoms with Gasteiger partial charge in [-0.2, -0.15) is 0 Å². The van der Waals surface area contributed by atoms with Gasteiger partial charge in [0.1, 0.15) is 5.69 Å². The van der Waals surface area contributed by atoms with Crippen LogP contribution in [0.15, 0.2) is 95.8 Å². The minimum absolute atomic E-state index is 0.228. The Balaban J connectivity index is 2.11. The summed E-state index contributed by atoms with van der Waals surface area (Å²) in [6.07, 6.45) is 0. The molecule has 1 aromatic heterocycles. The minimum Gasteiger partial charge on any atom is -0.392 e. The number of benzene rings is 3. The standard InChI is InChI=1S/C21H17N3O/c22-19-20(16-10-4-1-5-11-16)23(17-12-6-2-7-13-17)24(21(19)25)18-14-8-3-9-15-18/h1-15H,22H2. The highest BCUT2D eigenvalue weighted by Crippen LogP contribution is 2.28. The summed E-state index contributed by atoms with van der Waals surface area (Å²) in [5.74, 6) is 0. The second kappa shape index (κ2) is 6.17. The van der Waals surface area contributed by atoms with E-state index in [0.717, 1.165) is 16.9 Å². The molecule has 0 amide bonds. The molecule has 122 valence electrons. The number of hydrogen-bond acceptors (Lipinski definition) is 2. The van der Waals surface area contributed by atoms with Crippen molar-refractivity contribution in [1.82, 2.24) is 9.36 Å². The molecular formula is C21H17N3O. The summed E-state index contributed by atoms with van der Waals surface area (Å²) in [4.78, 5) is 13.0. The molecule has 4 aromatic rings. The maximum atomic E-state index is 13.0. The van der Waals surface area contributed by atoms with Crippen molar-refractivity contribution < 1.29 is 0 Å². The topological polar surface area (TPSA) is 52.9 Å². The molecule has 0 aliphatic heterocycles. The molecule has 0 saturated heterocycles. The molecule has 4 rings (SSSR count). The molecule has 0 aliphatic rings. The van der Waals surface area contributed by atoms with Crippen molar-refractivity contribution in [3.8, 4) is 22.6 Å². The molecule has 1 heterocycles. The van der Waals surface area contributed by atoms with Gasteiger partial charge in [-0.05, 0) is 24.3 Å². The second-order valence-electron chi connectivity index (χ2n) is 5.73. The van der Waals surface area contributed by atoms with Crippen LogP contribution in [0.1, 0.15) is 0 Å². The van der Waals surface area contributed by atoms with Crippen LogP contribution in [0.5, 0.6) is 0 Å². The third-order valence-corrected chi connectivity index (χ3v) is 4.14. The molecule has 0 fully saturated rings. The lowest BCUT2D eigenvalue weighted by molar-refractivity contribution is 0.729. The Kier molecular flexibility index (Phi) is 3.71. The molecule has 0 radical (unpaired) electrons. The molecule has 0 atom stereocenters. The van der Waals surface area contributed by atoms with E-state index >= 15 is 0 Å². The van der Waals surface area contributed by atoms with E-state index in [1.165, 1.54) is 0 Å². The maximum absolute atomic E-state index is 13.0. The van der Waals surface area contributed by atoms with Crippen LogP contribution in [0.4, 0.5) is 5.69 Å². The summed E-state index contributed by atoms with van der Waals surface area (Å²) in [5.41, 5.74) is 9.50. The molecule has 25 heavy (non-hydrogen) atoms. The van der Waals surface area contributed by atoms with Gasteiger partial charge in [0.15, 0.2) is 0 Å². The van der Waals surface area contributed by atoms with E-state index in [2.05, 4.69) is 0 Å². The largest absolute Gasteiger partial charge is 0.392 e. The number of para-hydroxylation sites is 2. The van der Waals surface area contributed by atoms with Gasteiger partial charge in [0.05, 0.1) is 17.1 Å². The predicted molar refractivity (Wildman–Crippen MR) is 101 cm³/mol. The van der Waals surface area contributed by atoms with Crippen LogP contribution in [-0.2, 0) is 0 Å². The van der Waals surface area contributed by atoms with Gasteiger partial charge in [-0.25, -0.2) is 9.36 Å². The predicted octanol–water partition coefficient (Wildman–Crippen LogP) is 3.88. The van der Waals surface area contributed by atoms with Crippen LogP contribution < -0.4 is 11.3 Å². The van der Waals surface area contributed by atoms with Gasteiger partial charge in [0.2, 0.25) is 0 Å². The Morgan fingerprint density at radius 2 is 1.04 bits per heavy atom. The number of anilines is 1. The van der Waals surface area contributed by atoms with E-state index in [1.807, 2.05) is 95.7 Å². The smallest absolute Gasteiger partial charge is 0.295 e. The highest BCUT2D eigenvalue weighted by Gasteiger charge is 2.21. The van der Waals surface area contributed by atoms with Crippen LogP contribution >= 0.6 is 0 Å². The van der Waals surface area contributed by atoms with Crippen molar-refractivity contribution in [3.05, 3.63) is 101 Å². The number of hydrogen-bond donors (Lipinski definition) is 1. The van der Waals surface area contributed by atoms with Gasteiger partial charge < -0.3 is 5.73 Å². The lowest BCUT2D eigenvalue weighted by Crippen LogP contribution is -2.21. The van der Waals surface area contributed by atoms with Gasteiger partial charge in [-0.15, -0.1) is 0 Å². The van der Waals surface area contributed by atoms with Gasteiger partial charge in [-0.3, -0.25) is 4.79 Å². The number of nitrogens with two attached hydrogens (primary N) is 1. The molecule has 0 spiro atoms. The van der Waals surface area contributed by atoms with E-state index in [4.69, 9.17) is 5.73 Å². The van der Waals surface area contributed by atoms with Crippen molar-refractivity contribution in [1.29, 1.82) is 0 Å². The fourth-order valence-corrected chi connectivity index (χ4v) is 3.01. The summed E-state index contributed by atoms with van der Waals surface area (Å²) < 4.78 is 3.50. The van der Waals surface area contributed by atoms with Gasteiger partial charge in [0, 0.05) is 5.56 Å². The SMILES string of the molecule is Nc1c(-c2ccccc2)n(-c2ccccc2)n(-c2ccccc2)c1=O. The summed E-state index contributed by atoms with van der Waals surface area (Å²) >= 11 is 0. The van der Waals surface area contributed by atoms with Crippen molar-refractivity contribution in [2.24, 2.45) is 0 Å². The molecule has 0 aliphatic carbocycles. The fourth-order valence-electron chi connectivity index (χ4n) is 3.01. The van der Waals surface area contributed by atoms with Crippen LogP contribution in [0.3, 0.4) is 0 Å². The van der Waals surface area contributed by atoms with Gasteiger partial charge in [-0.1, -0.05) is 66.7 Å². The lowest BCUT2D eigenvalue weighted by Gasteiger charge is -2.15. The zero-order valence-electron chi connectivity index (χ0n) is 13.5. The highest BCUT2D eigenvalue weighted by atomic mass is 16.1. The van der Waals surface area contributed by atoms with Crippen LogP contribution in [-0.4, -0.2) is 9.36 Å². The summed E-state index contributed by atoms with van der Waals surface area (Å²) in [6.45, 7) is 0. The van der Waals surface area contributed by atoms with E-state index in [-0.39, 0.29) is 11.2 Å². The quantitative estimate of drug-likeness (QED) is 0.621. The van der Waals surface area contributed by atoms with Crippen molar-refractivity contribution in [3.63, 3.8) is 0 Å².